The molecule has 2 rings (SSSR count). The molecule has 1 aromatic heterocycles. The molecule has 30 heavy (non-hydrogen) atoms. The van der Waals surface area contributed by atoms with Crippen molar-refractivity contribution in [1.82, 2.24) is 4.98 Å². The average Bonchev–Trinajstić information content (AvgIpc) is 2.70. The molecule has 0 aliphatic carbocycles. The van der Waals surface area contributed by atoms with Crippen molar-refractivity contribution in [1.29, 1.82) is 10.7 Å². The number of pyridine rings is 1. The van der Waals surface area contributed by atoms with E-state index in [9.17, 15) is 17.6 Å². The van der Waals surface area contributed by atoms with E-state index in [-0.39, 0.29) is 27.4 Å². The summed E-state index contributed by atoms with van der Waals surface area (Å²) in [6.45, 7) is -1.14. The Morgan fingerprint density at radius 1 is 1.27 bits per heavy atom. The highest BCUT2D eigenvalue weighted by atomic mass is 35.5. The van der Waals surface area contributed by atoms with Crippen LogP contribution in [0.2, 0.25) is 5.02 Å². The molecule has 0 bridgehead atoms. The van der Waals surface area contributed by atoms with Crippen LogP contribution in [0.3, 0.4) is 0 Å². The molecule has 0 aliphatic heterocycles. The molecule has 0 radical (unpaired) electrons. The third kappa shape index (κ3) is 6.10. The second-order valence-corrected chi connectivity index (χ2v) is 6.50. The monoisotopic (exact) mass is 438 g/mol. The van der Waals surface area contributed by atoms with Crippen LogP contribution in [0.25, 0.3) is 0 Å². The lowest BCUT2D eigenvalue weighted by atomic mass is 9.92. The number of nitriles is 1. The van der Waals surface area contributed by atoms with Crippen molar-refractivity contribution in [2.75, 3.05) is 6.67 Å². The molecule has 0 saturated carbocycles. The average molecular weight is 439 g/mol. The molecular formula is C20H15ClF4N4O. The number of halogens is 5. The number of nitrogens with one attached hydrogen (secondary N) is 1. The molecule has 0 fully saturated rings. The van der Waals surface area contributed by atoms with E-state index in [4.69, 9.17) is 28.0 Å². The van der Waals surface area contributed by atoms with Crippen LogP contribution in [0.15, 0.2) is 30.5 Å². The summed E-state index contributed by atoms with van der Waals surface area (Å²) in [5.74, 6) is 3.29. The summed E-state index contributed by atoms with van der Waals surface area (Å²) in [6, 6.07) is 5.93. The van der Waals surface area contributed by atoms with E-state index in [0.29, 0.717) is 0 Å². The number of nitrogens with two attached hydrogens (primary N) is 1. The van der Waals surface area contributed by atoms with Crippen LogP contribution in [0.1, 0.15) is 34.7 Å². The molecule has 0 saturated heterocycles. The highest BCUT2D eigenvalue weighted by Crippen LogP contribution is 2.28. The first kappa shape index (κ1) is 23.0. The molecule has 156 valence electrons. The van der Waals surface area contributed by atoms with Crippen LogP contribution in [-0.2, 0) is 4.74 Å². The molecule has 1 aromatic carbocycles. The van der Waals surface area contributed by atoms with Crippen molar-refractivity contribution in [3.05, 3.63) is 63.7 Å². The number of amidine groups is 1. The molecule has 0 aliphatic rings. The summed E-state index contributed by atoms with van der Waals surface area (Å²) in [6.07, 6.45) is -4.22. The zero-order valence-electron chi connectivity index (χ0n) is 15.3. The van der Waals surface area contributed by atoms with Gasteiger partial charge in [-0.1, -0.05) is 17.5 Å². The van der Waals surface area contributed by atoms with Crippen molar-refractivity contribution in [2.24, 2.45) is 5.73 Å². The number of hydrogen-bond acceptors (Lipinski definition) is 4. The minimum Gasteiger partial charge on any atom is -0.456 e. The Balaban J connectivity index is 2.32. The van der Waals surface area contributed by atoms with Crippen molar-refractivity contribution < 1.29 is 22.3 Å². The number of ether oxygens (including phenoxy) is 1. The van der Waals surface area contributed by atoms with Gasteiger partial charge in [-0.25, -0.2) is 18.2 Å². The van der Waals surface area contributed by atoms with Crippen LogP contribution < -0.4 is 5.73 Å². The largest absolute Gasteiger partial charge is 0.456 e. The van der Waals surface area contributed by atoms with E-state index >= 15 is 0 Å². The standard InChI is InChI=1S/C20H15ClF4N4O/c21-15-6-12(9-26)10-29-17(15)4-2-11-1-3-16(23)14(5-11)13(8-22)7-18(19(24)25)30-20(27)28/h1,3,5-6,10,13,18-19H,7-8H2,(H3,27,28)/t13-,18-/m0/s1. The summed E-state index contributed by atoms with van der Waals surface area (Å²) >= 11 is 5.99. The minimum atomic E-state index is -3.04. The topological polar surface area (TPSA) is 95.8 Å². The number of nitrogens with zero attached hydrogens (tertiary/aromatic N) is 2. The third-order valence-corrected chi connectivity index (χ3v) is 4.28. The highest BCUT2D eigenvalue weighted by Gasteiger charge is 2.29. The van der Waals surface area contributed by atoms with Gasteiger partial charge in [-0.3, -0.25) is 9.80 Å². The van der Waals surface area contributed by atoms with Gasteiger partial charge in [0, 0.05) is 17.7 Å². The van der Waals surface area contributed by atoms with Crippen LogP contribution >= 0.6 is 11.6 Å². The molecule has 2 atom stereocenters. The molecule has 1 heterocycles. The number of aromatic nitrogens is 1. The van der Waals surface area contributed by atoms with Crippen molar-refractivity contribution in [3.8, 4) is 17.9 Å². The van der Waals surface area contributed by atoms with Gasteiger partial charge in [0.1, 0.15) is 17.6 Å². The zero-order chi connectivity index (χ0) is 22.3. The maximum absolute atomic E-state index is 14.3. The Morgan fingerprint density at radius 2 is 2.00 bits per heavy atom. The molecular weight excluding hydrogens is 424 g/mol. The minimum absolute atomic E-state index is 0.145. The van der Waals surface area contributed by atoms with E-state index < -0.39 is 43.4 Å². The smallest absolute Gasteiger partial charge is 0.279 e. The Labute approximate surface area is 174 Å². The normalized spacial score (nSPS) is 12.4. The first-order chi connectivity index (χ1) is 14.2. The summed E-state index contributed by atoms with van der Waals surface area (Å²) in [4.78, 5) is 3.95. The zero-order valence-corrected chi connectivity index (χ0v) is 16.1. The molecule has 5 nitrogen and oxygen atoms in total. The Hall–Kier alpha value is -3.30. The quantitative estimate of drug-likeness (QED) is 0.307. The van der Waals surface area contributed by atoms with Gasteiger partial charge in [0.25, 0.3) is 12.4 Å². The fraction of sp³-hybridized carbons (Fsp3) is 0.250. The Bertz CT molecular complexity index is 1030. The molecule has 3 N–H and O–H groups in total. The lowest BCUT2D eigenvalue weighted by molar-refractivity contribution is -0.00680. The summed E-state index contributed by atoms with van der Waals surface area (Å²) in [5.41, 5.74) is 5.51. The summed E-state index contributed by atoms with van der Waals surface area (Å²) in [5, 5.41) is 15.9. The maximum Gasteiger partial charge on any atom is 0.279 e. The van der Waals surface area contributed by atoms with Gasteiger partial charge < -0.3 is 10.5 Å². The second kappa shape index (κ2) is 10.5. The van der Waals surface area contributed by atoms with Crippen LogP contribution in [0.4, 0.5) is 17.6 Å². The number of benzene rings is 1. The predicted molar refractivity (Wildman–Crippen MR) is 102 cm³/mol. The van der Waals surface area contributed by atoms with Gasteiger partial charge in [0.15, 0.2) is 6.10 Å². The van der Waals surface area contributed by atoms with Gasteiger partial charge >= 0.3 is 0 Å². The van der Waals surface area contributed by atoms with E-state index in [1.165, 1.54) is 24.4 Å². The van der Waals surface area contributed by atoms with Crippen LogP contribution in [0.5, 0.6) is 0 Å². The van der Waals surface area contributed by atoms with E-state index in [0.717, 1.165) is 6.07 Å². The van der Waals surface area contributed by atoms with E-state index in [1.54, 1.807) is 0 Å². The fourth-order valence-corrected chi connectivity index (χ4v) is 2.79. The summed E-state index contributed by atoms with van der Waals surface area (Å²) < 4.78 is 58.5. The number of alkyl halides is 3. The SMILES string of the molecule is N#Cc1cnc(C#Cc2ccc(F)c([C@H](CF)C[C@H](OC(=N)N)C(F)F)c2)c(Cl)c1. The first-order valence-corrected chi connectivity index (χ1v) is 8.84. The van der Waals surface area contributed by atoms with Gasteiger partial charge in [-0.15, -0.1) is 0 Å². The molecule has 0 unspecified atom stereocenters. The molecule has 0 spiro atoms. The van der Waals surface area contributed by atoms with Crippen LogP contribution in [0, 0.1) is 34.4 Å². The lowest BCUT2D eigenvalue weighted by Crippen LogP contribution is -2.31. The molecule has 2 aromatic rings. The highest BCUT2D eigenvalue weighted by molar-refractivity contribution is 6.31. The van der Waals surface area contributed by atoms with Gasteiger partial charge in [-0.2, -0.15) is 5.26 Å². The van der Waals surface area contributed by atoms with Crippen molar-refractivity contribution in [2.45, 2.75) is 24.9 Å². The summed E-state index contributed by atoms with van der Waals surface area (Å²) in [7, 11) is 0. The Kier molecular flexibility index (Phi) is 8.02. The van der Waals surface area contributed by atoms with Crippen LogP contribution in [-0.4, -0.2) is 30.2 Å². The third-order valence-electron chi connectivity index (χ3n) is 3.99. The first-order valence-electron chi connectivity index (χ1n) is 8.47. The van der Waals surface area contributed by atoms with Gasteiger partial charge in [-0.05, 0) is 42.2 Å². The number of hydrogen-bond donors (Lipinski definition) is 2. The fourth-order valence-electron chi connectivity index (χ4n) is 2.58. The lowest BCUT2D eigenvalue weighted by Gasteiger charge is -2.22. The predicted octanol–water partition coefficient (Wildman–Crippen LogP) is 4.13. The van der Waals surface area contributed by atoms with Gasteiger partial charge in [0.05, 0.1) is 17.3 Å². The molecule has 0 amide bonds. The Morgan fingerprint density at radius 3 is 2.57 bits per heavy atom. The maximum atomic E-state index is 14.3. The van der Waals surface area contributed by atoms with E-state index in [2.05, 4.69) is 21.6 Å². The second-order valence-electron chi connectivity index (χ2n) is 6.09. The number of rotatable bonds is 6. The van der Waals surface area contributed by atoms with Gasteiger partial charge in [0.2, 0.25) is 0 Å². The van der Waals surface area contributed by atoms with E-state index in [1.807, 2.05) is 6.07 Å². The van der Waals surface area contributed by atoms with Crippen molar-refractivity contribution >= 4 is 17.6 Å². The van der Waals surface area contributed by atoms with Crippen molar-refractivity contribution in [3.63, 3.8) is 0 Å². The molecule has 10 heteroatoms.